The number of amides is 2. The zero-order valence-electron chi connectivity index (χ0n) is 11.5. The Bertz CT molecular complexity index is 355. The maximum absolute atomic E-state index is 11.9. The van der Waals surface area contributed by atoms with Crippen LogP contribution in [0.25, 0.3) is 0 Å². The molecule has 0 aromatic rings. The largest absolute Gasteiger partial charge is 0.481 e. The molecule has 2 N–H and O–H groups in total. The van der Waals surface area contributed by atoms with Crippen molar-refractivity contribution >= 4 is 12.0 Å². The molecule has 0 aromatic heterocycles. The molecule has 1 saturated heterocycles. The predicted molar refractivity (Wildman–Crippen MR) is 68.8 cm³/mol. The molecule has 1 aliphatic carbocycles. The molecule has 0 spiro atoms. The highest BCUT2D eigenvalue weighted by atomic mass is 16.5. The van der Waals surface area contributed by atoms with Gasteiger partial charge < -0.3 is 20.1 Å². The van der Waals surface area contributed by atoms with Crippen LogP contribution in [0, 0.1) is 11.8 Å². The van der Waals surface area contributed by atoms with Gasteiger partial charge in [-0.25, -0.2) is 4.79 Å². The average Bonchev–Trinajstić information content (AvgIpc) is 2.74. The number of methoxy groups -OCH3 is 1. The number of ether oxygens (including phenoxy) is 1. The van der Waals surface area contributed by atoms with Gasteiger partial charge in [-0.2, -0.15) is 0 Å². The highest BCUT2D eigenvalue weighted by Gasteiger charge is 2.38. The molecular formula is C13H22N2O4. The first-order chi connectivity index (χ1) is 9.01. The number of nitrogens with zero attached hydrogens (tertiary/aromatic N) is 1. The number of rotatable bonds is 4. The van der Waals surface area contributed by atoms with Crippen molar-refractivity contribution < 1.29 is 19.4 Å². The molecule has 108 valence electrons. The minimum absolute atomic E-state index is 0.0735. The van der Waals surface area contributed by atoms with Crippen molar-refractivity contribution in [3.05, 3.63) is 0 Å². The van der Waals surface area contributed by atoms with Crippen LogP contribution in [-0.2, 0) is 9.53 Å². The molecule has 2 rings (SSSR count). The van der Waals surface area contributed by atoms with Crippen LogP contribution in [0.1, 0.15) is 26.2 Å². The lowest BCUT2D eigenvalue weighted by molar-refractivity contribution is -0.144. The van der Waals surface area contributed by atoms with Gasteiger partial charge in [0.15, 0.2) is 0 Å². The number of carboxylic acids is 1. The molecule has 19 heavy (non-hydrogen) atoms. The van der Waals surface area contributed by atoms with E-state index >= 15 is 0 Å². The van der Waals surface area contributed by atoms with E-state index < -0.39 is 5.97 Å². The lowest BCUT2D eigenvalue weighted by atomic mass is 9.87. The molecule has 3 atom stereocenters. The maximum atomic E-state index is 11.9. The standard InChI is InChI=1S/C13H22N2O4/c1-8(12(16)17)9-6-15(7-9)13(18)14-10-3-4-11(5-10)19-2/h8-11H,3-7H2,1-2H3,(H,14,18)(H,16,17). The number of hydrogen-bond acceptors (Lipinski definition) is 3. The van der Waals surface area contributed by atoms with Gasteiger partial charge in [-0.15, -0.1) is 0 Å². The monoisotopic (exact) mass is 270 g/mol. The molecule has 1 aliphatic heterocycles. The Labute approximate surface area is 113 Å². The first kappa shape index (κ1) is 14.1. The SMILES string of the molecule is COC1CCC(NC(=O)N2CC(C(C)C(=O)O)C2)C1. The van der Waals surface area contributed by atoms with E-state index in [9.17, 15) is 9.59 Å². The number of likely N-dealkylation sites (tertiary alicyclic amines) is 1. The van der Waals surface area contributed by atoms with Crippen molar-refractivity contribution in [3.63, 3.8) is 0 Å². The van der Waals surface area contributed by atoms with Crippen LogP contribution in [0.15, 0.2) is 0 Å². The van der Waals surface area contributed by atoms with E-state index in [0.29, 0.717) is 13.1 Å². The molecule has 2 fully saturated rings. The summed E-state index contributed by atoms with van der Waals surface area (Å²) in [7, 11) is 1.70. The van der Waals surface area contributed by atoms with Crippen molar-refractivity contribution in [2.45, 2.75) is 38.3 Å². The van der Waals surface area contributed by atoms with Crippen LogP contribution in [-0.4, -0.2) is 54.4 Å². The van der Waals surface area contributed by atoms with Gasteiger partial charge in [-0.3, -0.25) is 4.79 Å². The third kappa shape index (κ3) is 3.18. The van der Waals surface area contributed by atoms with E-state index in [-0.39, 0.29) is 30.0 Å². The summed E-state index contributed by atoms with van der Waals surface area (Å²) in [5, 5.41) is 11.9. The predicted octanol–water partition coefficient (Wildman–Crippen LogP) is 0.916. The second-order valence-corrected chi connectivity index (χ2v) is 5.61. The molecule has 0 radical (unpaired) electrons. The fourth-order valence-corrected chi connectivity index (χ4v) is 2.75. The molecule has 1 saturated carbocycles. The lowest BCUT2D eigenvalue weighted by Crippen LogP contribution is -2.57. The smallest absolute Gasteiger partial charge is 0.317 e. The summed E-state index contributed by atoms with van der Waals surface area (Å²) in [6, 6.07) is 0.115. The Hall–Kier alpha value is -1.30. The fraction of sp³-hybridized carbons (Fsp3) is 0.846. The van der Waals surface area contributed by atoms with Crippen LogP contribution >= 0.6 is 0 Å². The molecule has 0 bridgehead atoms. The number of carbonyl (C=O) groups is 2. The number of carbonyl (C=O) groups excluding carboxylic acids is 1. The lowest BCUT2D eigenvalue weighted by Gasteiger charge is -2.41. The van der Waals surface area contributed by atoms with E-state index in [1.165, 1.54) is 0 Å². The van der Waals surface area contributed by atoms with Gasteiger partial charge in [-0.05, 0) is 19.3 Å². The fourth-order valence-electron chi connectivity index (χ4n) is 2.75. The van der Waals surface area contributed by atoms with Crippen molar-refractivity contribution in [2.75, 3.05) is 20.2 Å². The van der Waals surface area contributed by atoms with E-state index in [4.69, 9.17) is 9.84 Å². The molecular weight excluding hydrogens is 248 g/mol. The molecule has 6 nitrogen and oxygen atoms in total. The molecule has 2 aliphatic rings. The zero-order valence-corrected chi connectivity index (χ0v) is 11.5. The van der Waals surface area contributed by atoms with Crippen LogP contribution in [0.4, 0.5) is 4.79 Å². The third-order valence-corrected chi connectivity index (χ3v) is 4.34. The average molecular weight is 270 g/mol. The van der Waals surface area contributed by atoms with Gasteiger partial charge >= 0.3 is 12.0 Å². The van der Waals surface area contributed by atoms with Crippen LogP contribution < -0.4 is 5.32 Å². The number of carboxylic acid groups (broad SMARTS) is 1. The highest BCUT2D eigenvalue weighted by Crippen LogP contribution is 2.25. The maximum Gasteiger partial charge on any atom is 0.317 e. The zero-order chi connectivity index (χ0) is 14.0. The minimum Gasteiger partial charge on any atom is -0.481 e. The molecule has 0 aromatic carbocycles. The summed E-state index contributed by atoms with van der Waals surface area (Å²) < 4.78 is 5.27. The third-order valence-electron chi connectivity index (χ3n) is 4.34. The summed E-state index contributed by atoms with van der Waals surface area (Å²) in [4.78, 5) is 24.5. The number of urea groups is 1. The van der Waals surface area contributed by atoms with Gasteiger partial charge in [0.25, 0.3) is 0 Å². The Balaban J connectivity index is 1.71. The van der Waals surface area contributed by atoms with Gasteiger partial charge in [0.2, 0.25) is 0 Å². The number of hydrogen-bond donors (Lipinski definition) is 2. The molecule has 6 heteroatoms. The van der Waals surface area contributed by atoms with Crippen LogP contribution in [0.5, 0.6) is 0 Å². The Morgan fingerprint density at radius 1 is 1.37 bits per heavy atom. The summed E-state index contributed by atoms with van der Waals surface area (Å²) >= 11 is 0. The topological polar surface area (TPSA) is 78.9 Å². The number of nitrogens with one attached hydrogen (secondary N) is 1. The van der Waals surface area contributed by atoms with E-state index in [1.54, 1.807) is 18.9 Å². The summed E-state index contributed by atoms with van der Waals surface area (Å²) in [6.07, 6.45) is 3.06. The van der Waals surface area contributed by atoms with Gasteiger partial charge in [0.05, 0.1) is 12.0 Å². The number of aliphatic carboxylic acids is 1. The van der Waals surface area contributed by atoms with Crippen molar-refractivity contribution in [2.24, 2.45) is 11.8 Å². The Morgan fingerprint density at radius 3 is 2.58 bits per heavy atom. The molecule has 2 amide bonds. The second kappa shape index (κ2) is 5.77. The van der Waals surface area contributed by atoms with Crippen LogP contribution in [0.2, 0.25) is 0 Å². The van der Waals surface area contributed by atoms with Gasteiger partial charge in [0, 0.05) is 32.2 Å². The van der Waals surface area contributed by atoms with Crippen molar-refractivity contribution in [3.8, 4) is 0 Å². The van der Waals surface area contributed by atoms with Crippen molar-refractivity contribution in [1.82, 2.24) is 10.2 Å². The molecule has 1 heterocycles. The van der Waals surface area contributed by atoms with Gasteiger partial charge in [0.1, 0.15) is 0 Å². The second-order valence-electron chi connectivity index (χ2n) is 5.61. The molecule has 3 unspecified atom stereocenters. The Morgan fingerprint density at radius 2 is 2.05 bits per heavy atom. The van der Waals surface area contributed by atoms with Gasteiger partial charge in [-0.1, -0.05) is 6.92 Å². The minimum atomic E-state index is -0.788. The van der Waals surface area contributed by atoms with Crippen molar-refractivity contribution in [1.29, 1.82) is 0 Å². The van der Waals surface area contributed by atoms with E-state index in [2.05, 4.69) is 5.32 Å². The quantitative estimate of drug-likeness (QED) is 0.796. The van der Waals surface area contributed by atoms with E-state index in [1.807, 2.05) is 0 Å². The summed E-state index contributed by atoms with van der Waals surface area (Å²) in [5.74, 6) is -1.09. The normalized spacial score (nSPS) is 28.8. The first-order valence-electron chi connectivity index (χ1n) is 6.82. The highest BCUT2D eigenvalue weighted by molar-refractivity contribution is 5.76. The summed E-state index contributed by atoms with van der Waals surface area (Å²) in [6.45, 7) is 2.78. The first-order valence-corrected chi connectivity index (χ1v) is 6.82. The summed E-state index contributed by atoms with van der Waals surface area (Å²) in [5.41, 5.74) is 0. The Kier molecular flexibility index (Phi) is 4.29. The van der Waals surface area contributed by atoms with E-state index in [0.717, 1.165) is 19.3 Å². The van der Waals surface area contributed by atoms with Crippen LogP contribution in [0.3, 0.4) is 0 Å².